The smallest absolute Gasteiger partial charge is 0.349 e. The lowest BCUT2D eigenvalue weighted by Gasteiger charge is -2.18. The molecule has 0 aliphatic rings. The number of ether oxygens (including phenoxy) is 1. The quantitative estimate of drug-likeness (QED) is 0.288. The van der Waals surface area contributed by atoms with E-state index in [2.05, 4.69) is 32.3 Å². The van der Waals surface area contributed by atoms with Gasteiger partial charge in [-0.1, -0.05) is 23.2 Å². The highest BCUT2D eigenvalue weighted by Gasteiger charge is 2.21. The van der Waals surface area contributed by atoms with Gasteiger partial charge in [-0.3, -0.25) is 14.9 Å². The van der Waals surface area contributed by atoms with Crippen molar-refractivity contribution in [1.82, 2.24) is 20.5 Å². The van der Waals surface area contributed by atoms with Gasteiger partial charge < -0.3 is 4.74 Å². The molecule has 10 nitrogen and oxygen atoms in total. The summed E-state index contributed by atoms with van der Waals surface area (Å²) in [4.78, 5) is 39.9. The molecule has 0 aliphatic heterocycles. The molecule has 4 rings (SSSR count). The second-order valence-corrected chi connectivity index (χ2v) is 8.49. The van der Waals surface area contributed by atoms with Crippen LogP contribution in [-0.2, 0) is 4.79 Å². The number of thiophene rings is 1. The average Bonchev–Trinajstić information content (AvgIpc) is 3.25. The Kier molecular flexibility index (Phi) is 6.59. The number of hydrazone groups is 1. The molecule has 3 amide bonds. The number of anilines is 1. The zero-order valence-electron chi connectivity index (χ0n) is 17.3. The van der Waals surface area contributed by atoms with Crippen LogP contribution in [0, 0.1) is 0 Å². The number of hydrogen-bond donors (Lipinski definition) is 2. The van der Waals surface area contributed by atoms with Crippen LogP contribution in [0.3, 0.4) is 0 Å². The number of carbonyl (C=O) groups excluding carboxylic acids is 2. The van der Waals surface area contributed by atoms with Crippen molar-refractivity contribution in [1.29, 1.82) is 0 Å². The van der Waals surface area contributed by atoms with Crippen LogP contribution in [0.1, 0.15) is 6.92 Å². The van der Waals surface area contributed by atoms with Crippen LogP contribution in [0.5, 0.6) is 11.6 Å². The maximum atomic E-state index is 12.2. The van der Waals surface area contributed by atoms with Gasteiger partial charge in [0.15, 0.2) is 5.75 Å². The Bertz CT molecular complexity index is 1480. The van der Waals surface area contributed by atoms with E-state index in [1.807, 2.05) is 17.5 Å². The van der Waals surface area contributed by atoms with Crippen LogP contribution in [0.15, 0.2) is 51.7 Å². The van der Waals surface area contributed by atoms with Crippen LogP contribution >= 0.6 is 34.5 Å². The maximum absolute atomic E-state index is 12.2. The lowest BCUT2D eigenvalue weighted by molar-refractivity contribution is -0.117. The number of nitrogens with zero attached hydrogens (tertiary/aromatic N) is 4. The zero-order valence-corrected chi connectivity index (χ0v) is 19.7. The maximum Gasteiger partial charge on any atom is 0.349 e. The molecular weight excluding hydrogens is 503 g/mol. The van der Waals surface area contributed by atoms with E-state index >= 15 is 0 Å². The number of rotatable bonds is 5. The number of amides is 3. The van der Waals surface area contributed by atoms with Crippen molar-refractivity contribution in [3.8, 4) is 22.9 Å². The van der Waals surface area contributed by atoms with Crippen molar-refractivity contribution >= 4 is 69.1 Å². The van der Waals surface area contributed by atoms with E-state index < -0.39 is 17.5 Å². The predicted octanol–water partition coefficient (Wildman–Crippen LogP) is 4.82. The second-order valence-electron chi connectivity index (χ2n) is 6.73. The Morgan fingerprint density at radius 2 is 1.94 bits per heavy atom. The highest BCUT2D eigenvalue weighted by Crippen LogP contribution is 2.41. The average molecular weight is 517 g/mol. The van der Waals surface area contributed by atoms with Crippen LogP contribution in [0.2, 0.25) is 10.0 Å². The largest absolute Gasteiger partial charge is 0.434 e. The minimum absolute atomic E-state index is 0.00579. The lowest BCUT2D eigenvalue weighted by Crippen LogP contribution is -2.39. The summed E-state index contributed by atoms with van der Waals surface area (Å²) in [5.41, 5.74) is 1.23. The minimum Gasteiger partial charge on any atom is -0.434 e. The molecule has 0 radical (unpaired) electrons. The Labute approximate surface area is 205 Å². The van der Waals surface area contributed by atoms with E-state index in [1.165, 1.54) is 25.1 Å². The van der Waals surface area contributed by atoms with Crippen LogP contribution in [0.4, 0.5) is 10.5 Å². The number of pyridine rings is 1. The van der Waals surface area contributed by atoms with E-state index in [1.54, 1.807) is 17.4 Å². The molecule has 0 saturated carbocycles. The topological polar surface area (TPSA) is 130 Å². The summed E-state index contributed by atoms with van der Waals surface area (Å²) >= 11 is 14.3. The third-order valence-electron chi connectivity index (χ3n) is 4.40. The van der Waals surface area contributed by atoms with Gasteiger partial charge in [0.1, 0.15) is 0 Å². The van der Waals surface area contributed by atoms with Gasteiger partial charge in [-0.2, -0.15) is 10.1 Å². The zero-order chi connectivity index (χ0) is 24.4. The third-order valence-corrected chi connectivity index (χ3v) is 5.83. The fourth-order valence-electron chi connectivity index (χ4n) is 2.99. The molecule has 34 heavy (non-hydrogen) atoms. The van der Waals surface area contributed by atoms with Gasteiger partial charge in [-0.25, -0.2) is 14.9 Å². The molecule has 0 aliphatic carbocycles. The summed E-state index contributed by atoms with van der Waals surface area (Å²) in [5, 5.41) is 14.7. The van der Waals surface area contributed by atoms with Crippen molar-refractivity contribution in [2.75, 3.05) is 5.01 Å². The number of aromatic nitrogens is 3. The fraction of sp³-hybridized carbons (Fsp3) is 0.0476. The van der Waals surface area contributed by atoms with E-state index in [4.69, 9.17) is 27.9 Å². The molecule has 0 bridgehead atoms. The predicted molar refractivity (Wildman–Crippen MR) is 131 cm³/mol. The van der Waals surface area contributed by atoms with Crippen LogP contribution in [0.25, 0.3) is 21.5 Å². The number of H-pyrrole nitrogens is 1. The number of fused-ring (bicyclic) bond motifs is 1. The van der Waals surface area contributed by atoms with Crippen molar-refractivity contribution < 1.29 is 14.3 Å². The number of benzene rings is 1. The SMILES string of the molecule is C=NN(C(=O)NC(C)=O)c1cc(Cl)c(Oc2n[nH]c(=O)cc2-c2ccc3sccc3n2)c(Cl)c1. The summed E-state index contributed by atoms with van der Waals surface area (Å²) in [6.07, 6.45) is 0. The molecular formula is C21H14Cl2N6O4S. The molecule has 3 aromatic heterocycles. The Balaban J connectivity index is 1.72. The Morgan fingerprint density at radius 3 is 2.62 bits per heavy atom. The molecule has 2 N–H and O–H groups in total. The van der Waals surface area contributed by atoms with Gasteiger partial charge >= 0.3 is 6.03 Å². The molecule has 4 aromatic rings. The molecule has 0 unspecified atom stereocenters. The van der Waals surface area contributed by atoms with Crippen molar-refractivity contribution in [3.63, 3.8) is 0 Å². The van der Waals surface area contributed by atoms with Gasteiger partial charge in [0, 0.05) is 19.7 Å². The second kappa shape index (κ2) is 9.59. The highest BCUT2D eigenvalue weighted by molar-refractivity contribution is 7.17. The van der Waals surface area contributed by atoms with Crippen LogP contribution in [-0.4, -0.2) is 33.8 Å². The number of urea groups is 1. The van der Waals surface area contributed by atoms with Gasteiger partial charge in [0.2, 0.25) is 11.8 Å². The van der Waals surface area contributed by atoms with E-state index in [0.29, 0.717) is 11.3 Å². The molecule has 0 spiro atoms. The van der Waals surface area contributed by atoms with E-state index in [9.17, 15) is 14.4 Å². The molecule has 1 aromatic carbocycles. The summed E-state index contributed by atoms with van der Waals surface area (Å²) in [5.74, 6) is -0.562. The van der Waals surface area contributed by atoms with Gasteiger partial charge in [-0.05, 0) is 35.7 Å². The van der Waals surface area contributed by atoms with Crippen molar-refractivity contribution in [2.24, 2.45) is 5.10 Å². The first-order valence-corrected chi connectivity index (χ1v) is 11.1. The molecule has 13 heteroatoms. The Morgan fingerprint density at radius 1 is 1.21 bits per heavy atom. The van der Waals surface area contributed by atoms with Crippen LogP contribution < -0.4 is 20.6 Å². The first kappa shape index (κ1) is 23.4. The standard InChI is InChI=1S/C21H14Cl2N6O4S/c1-10(30)25-21(32)29(24-2)11-7-13(22)19(14(23)8-11)33-20-12(9-18(31)27-28-20)15-3-4-17-16(26-15)5-6-34-17/h3-9H,2H2,1H3,(H,27,31)(H,25,30,32). The molecule has 0 atom stereocenters. The molecule has 0 saturated heterocycles. The number of carbonyl (C=O) groups is 2. The number of nitrogens with one attached hydrogen (secondary N) is 2. The summed E-state index contributed by atoms with van der Waals surface area (Å²) in [7, 11) is 0. The number of aromatic amines is 1. The fourth-order valence-corrected chi connectivity index (χ4v) is 4.26. The van der Waals surface area contributed by atoms with Crippen molar-refractivity contribution in [3.05, 3.63) is 62.2 Å². The monoisotopic (exact) mass is 516 g/mol. The number of imide groups is 1. The summed E-state index contributed by atoms with van der Waals surface area (Å²) in [6, 6.07) is 8.63. The lowest BCUT2D eigenvalue weighted by atomic mass is 10.2. The molecule has 172 valence electrons. The van der Waals surface area contributed by atoms with E-state index in [0.717, 1.165) is 15.2 Å². The highest BCUT2D eigenvalue weighted by atomic mass is 35.5. The van der Waals surface area contributed by atoms with E-state index in [-0.39, 0.29) is 27.4 Å². The van der Waals surface area contributed by atoms with Gasteiger partial charge in [-0.15, -0.1) is 16.4 Å². The molecule has 0 fully saturated rings. The Hall–Kier alpha value is -3.80. The molecule has 3 heterocycles. The van der Waals surface area contributed by atoms with Gasteiger partial charge in [0.25, 0.3) is 5.56 Å². The first-order valence-electron chi connectivity index (χ1n) is 9.46. The number of halogens is 2. The van der Waals surface area contributed by atoms with Crippen molar-refractivity contribution in [2.45, 2.75) is 6.92 Å². The minimum atomic E-state index is -0.845. The summed E-state index contributed by atoms with van der Waals surface area (Å²) < 4.78 is 6.85. The third kappa shape index (κ3) is 4.76. The van der Waals surface area contributed by atoms with Gasteiger partial charge in [0.05, 0.1) is 37.2 Å². The normalized spacial score (nSPS) is 10.7. The number of hydrogen-bond acceptors (Lipinski definition) is 8. The summed E-state index contributed by atoms with van der Waals surface area (Å²) in [6.45, 7) is 4.50. The first-order chi connectivity index (χ1) is 16.3.